The van der Waals surface area contributed by atoms with E-state index in [1.807, 2.05) is 0 Å². The van der Waals surface area contributed by atoms with Crippen LogP contribution in [-0.2, 0) is 0 Å². The van der Waals surface area contributed by atoms with Crippen molar-refractivity contribution < 1.29 is 0 Å². The van der Waals surface area contributed by atoms with E-state index in [0.717, 1.165) is 24.4 Å². The van der Waals surface area contributed by atoms with Gasteiger partial charge in [0.15, 0.2) is 0 Å². The largest absolute Gasteiger partial charge is 0.312 e. The Bertz CT molecular complexity index is 205. The van der Waals surface area contributed by atoms with Crippen LogP contribution in [0.4, 0.5) is 0 Å². The van der Waals surface area contributed by atoms with Crippen LogP contribution in [0.5, 0.6) is 0 Å². The van der Waals surface area contributed by atoms with E-state index in [-0.39, 0.29) is 0 Å². The third kappa shape index (κ3) is 5.27. The van der Waals surface area contributed by atoms with Crippen molar-refractivity contribution >= 4 is 0 Å². The maximum atomic E-state index is 3.83. The minimum absolute atomic E-state index is 0.662. The maximum Gasteiger partial charge on any atom is 0.0237 e. The molecule has 0 radical (unpaired) electrons. The minimum atomic E-state index is 0.662. The Balaban J connectivity index is 2.33. The van der Waals surface area contributed by atoms with E-state index in [2.05, 4.69) is 45.1 Å². The first-order valence-corrected chi connectivity index (χ1v) is 7.94. The fourth-order valence-corrected chi connectivity index (χ4v) is 3.29. The zero-order valence-corrected chi connectivity index (χ0v) is 13.2. The molecule has 0 spiro atoms. The van der Waals surface area contributed by atoms with Gasteiger partial charge in [-0.15, -0.1) is 0 Å². The Morgan fingerprint density at radius 3 is 2.39 bits per heavy atom. The Labute approximate surface area is 115 Å². The molecule has 1 aliphatic rings. The highest BCUT2D eigenvalue weighted by molar-refractivity contribution is 4.79. The number of hydrogen-bond donors (Lipinski definition) is 1. The van der Waals surface area contributed by atoms with Crippen molar-refractivity contribution in [2.24, 2.45) is 11.8 Å². The molecule has 0 saturated heterocycles. The first kappa shape index (κ1) is 16.0. The molecule has 0 heterocycles. The van der Waals surface area contributed by atoms with Gasteiger partial charge in [-0.05, 0) is 45.2 Å². The molecule has 1 rings (SSSR count). The van der Waals surface area contributed by atoms with E-state index in [1.165, 1.54) is 38.5 Å². The summed E-state index contributed by atoms with van der Waals surface area (Å²) in [4.78, 5) is 2.36. The number of hydrogen-bond acceptors (Lipinski definition) is 2. The first-order valence-electron chi connectivity index (χ1n) is 7.94. The Morgan fingerprint density at radius 1 is 1.11 bits per heavy atom. The molecule has 0 aromatic carbocycles. The lowest BCUT2D eigenvalue weighted by Gasteiger charge is -2.30. The molecule has 1 fully saturated rings. The molecule has 0 aromatic rings. The van der Waals surface area contributed by atoms with Crippen molar-refractivity contribution in [3.8, 4) is 0 Å². The second-order valence-corrected chi connectivity index (χ2v) is 6.66. The monoisotopic (exact) mass is 254 g/mol. The molecule has 0 amide bonds. The first-order chi connectivity index (χ1) is 8.54. The second kappa shape index (κ2) is 8.16. The number of nitrogens with one attached hydrogen (secondary N) is 1. The molecule has 0 aliphatic heterocycles. The average Bonchev–Trinajstić information content (AvgIpc) is 2.53. The summed E-state index contributed by atoms with van der Waals surface area (Å²) in [5, 5.41) is 3.83. The van der Waals surface area contributed by atoms with Gasteiger partial charge in [0, 0.05) is 18.6 Å². The minimum Gasteiger partial charge on any atom is -0.312 e. The van der Waals surface area contributed by atoms with Gasteiger partial charge in [0.1, 0.15) is 0 Å². The second-order valence-electron chi connectivity index (χ2n) is 6.66. The molecule has 1 saturated carbocycles. The SMILES string of the molecule is CCC1CCCC(NCC(C(C)C)N(C)C)CC1. The van der Waals surface area contributed by atoms with Crippen LogP contribution in [0.3, 0.4) is 0 Å². The van der Waals surface area contributed by atoms with Gasteiger partial charge in [-0.25, -0.2) is 0 Å². The normalized spacial score (nSPS) is 27.5. The third-order valence-corrected chi connectivity index (χ3v) is 4.71. The fourth-order valence-electron chi connectivity index (χ4n) is 3.29. The van der Waals surface area contributed by atoms with Crippen LogP contribution in [-0.4, -0.2) is 37.6 Å². The topological polar surface area (TPSA) is 15.3 Å². The van der Waals surface area contributed by atoms with E-state index < -0.39 is 0 Å². The average molecular weight is 254 g/mol. The molecule has 2 nitrogen and oxygen atoms in total. The lowest BCUT2D eigenvalue weighted by atomic mass is 9.97. The van der Waals surface area contributed by atoms with Gasteiger partial charge in [-0.1, -0.05) is 40.0 Å². The van der Waals surface area contributed by atoms with Crippen molar-refractivity contribution in [3.05, 3.63) is 0 Å². The van der Waals surface area contributed by atoms with Crippen molar-refractivity contribution in [1.29, 1.82) is 0 Å². The molecular weight excluding hydrogens is 220 g/mol. The number of rotatable bonds is 6. The summed E-state index contributed by atoms with van der Waals surface area (Å²) in [5.74, 6) is 1.72. The zero-order chi connectivity index (χ0) is 13.5. The maximum absolute atomic E-state index is 3.83. The van der Waals surface area contributed by atoms with Gasteiger partial charge < -0.3 is 10.2 Å². The predicted molar refractivity (Wildman–Crippen MR) is 81.0 cm³/mol. The molecule has 2 heteroatoms. The highest BCUT2D eigenvalue weighted by Gasteiger charge is 2.20. The number of nitrogens with zero attached hydrogens (tertiary/aromatic N) is 1. The summed E-state index contributed by atoms with van der Waals surface area (Å²) < 4.78 is 0. The highest BCUT2D eigenvalue weighted by Crippen LogP contribution is 2.25. The molecule has 0 aromatic heterocycles. The summed E-state index contributed by atoms with van der Waals surface area (Å²) in [6, 6.07) is 1.43. The van der Waals surface area contributed by atoms with E-state index in [9.17, 15) is 0 Å². The van der Waals surface area contributed by atoms with Crippen LogP contribution in [0.2, 0.25) is 0 Å². The third-order valence-electron chi connectivity index (χ3n) is 4.71. The van der Waals surface area contributed by atoms with Gasteiger partial charge in [0.05, 0.1) is 0 Å². The van der Waals surface area contributed by atoms with Crippen molar-refractivity contribution in [2.75, 3.05) is 20.6 Å². The molecule has 3 unspecified atom stereocenters. The van der Waals surface area contributed by atoms with Crippen LogP contribution in [0.25, 0.3) is 0 Å². The molecular formula is C16H34N2. The predicted octanol–water partition coefficient (Wildman–Crippen LogP) is 3.52. The van der Waals surface area contributed by atoms with Crippen LogP contribution >= 0.6 is 0 Å². The van der Waals surface area contributed by atoms with Gasteiger partial charge in [-0.2, -0.15) is 0 Å². The van der Waals surface area contributed by atoms with Crippen molar-refractivity contribution in [1.82, 2.24) is 10.2 Å². The molecule has 0 bridgehead atoms. The van der Waals surface area contributed by atoms with Gasteiger partial charge >= 0.3 is 0 Å². The summed E-state index contributed by atoms with van der Waals surface area (Å²) in [7, 11) is 4.40. The molecule has 18 heavy (non-hydrogen) atoms. The van der Waals surface area contributed by atoms with E-state index >= 15 is 0 Å². The standard InChI is InChI=1S/C16H34N2/c1-6-14-8-7-9-15(11-10-14)17-12-16(13(2)3)18(4)5/h13-17H,6-12H2,1-5H3. The molecule has 1 aliphatic carbocycles. The lowest BCUT2D eigenvalue weighted by molar-refractivity contribution is 0.216. The fraction of sp³-hybridized carbons (Fsp3) is 1.00. The Morgan fingerprint density at radius 2 is 1.83 bits per heavy atom. The molecule has 3 atom stereocenters. The van der Waals surface area contributed by atoms with E-state index in [4.69, 9.17) is 0 Å². The Hall–Kier alpha value is -0.0800. The smallest absolute Gasteiger partial charge is 0.0237 e. The van der Waals surface area contributed by atoms with Gasteiger partial charge in [0.2, 0.25) is 0 Å². The highest BCUT2D eigenvalue weighted by atomic mass is 15.1. The van der Waals surface area contributed by atoms with Crippen LogP contribution in [0.15, 0.2) is 0 Å². The quantitative estimate of drug-likeness (QED) is 0.730. The molecule has 108 valence electrons. The van der Waals surface area contributed by atoms with Crippen molar-refractivity contribution in [3.63, 3.8) is 0 Å². The van der Waals surface area contributed by atoms with Gasteiger partial charge in [0.25, 0.3) is 0 Å². The van der Waals surface area contributed by atoms with Crippen LogP contribution in [0.1, 0.15) is 59.3 Å². The lowest BCUT2D eigenvalue weighted by Crippen LogP contribution is -2.44. The summed E-state index contributed by atoms with van der Waals surface area (Å²) >= 11 is 0. The van der Waals surface area contributed by atoms with Crippen molar-refractivity contribution in [2.45, 2.75) is 71.4 Å². The van der Waals surface area contributed by atoms with E-state index in [0.29, 0.717) is 6.04 Å². The van der Waals surface area contributed by atoms with E-state index in [1.54, 1.807) is 0 Å². The zero-order valence-electron chi connectivity index (χ0n) is 13.2. The summed E-state index contributed by atoms with van der Waals surface area (Å²) in [5.41, 5.74) is 0. The molecule has 1 N–H and O–H groups in total. The van der Waals surface area contributed by atoms with Gasteiger partial charge in [-0.3, -0.25) is 0 Å². The number of likely N-dealkylation sites (N-methyl/N-ethyl adjacent to an activating group) is 1. The Kier molecular flexibility index (Phi) is 7.25. The van der Waals surface area contributed by atoms with Crippen LogP contribution in [0, 0.1) is 11.8 Å². The summed E-state index contributed by atoms with van der Waals surface area (Å²) in [6.45, 7) is 8.14. The summed E-state index contributed by atoms with van der Waals surface area (Å²) in [6.07, 6.45) is 8.45. The van der Waals surface area contributed by atoms with Crippen LogP contribution < -0.4 is 5.32 Å².